The van der Waals surface area contributed by atoms with Crippen molar-refractivity contribution >= 4 is 0 Å². The van der Waals surface area contributed by atoms with E-state index >= 15 is 0 Å². The van der Waals surface area contributed by atoms with Gasteiger partial charge in [0.25, 0.3) is 0 Å². The van der Waals surface area contributed by atoms with Crippen molar-refractivity contribution in [2.24, 2.45) is 11.8 Å². The van der Waals surface area contributed by atoms with Crippen LogP contribution in [-0.4, -0.2) is 29.5 Å². The van der Waals surface area contributed by atoms with E-state index < -0.39 is 0 Å². The molecule has 0 unspecified atom stereocenters. The Balaban J connectivity index is 1.83. The number of hydrogen-bond donors (Lipinski definition) is 2. The van der Waals surface area contributed by atoms with Crippen LogP contribution in [0.4, 0.5) is 0 Å². The van der Waals surface area contributed by atoms with Crippen LogP contribution in [0, 0.1) is 18.8 Å². The smallest absolute Gasteiger partial charge is 0.122 e. The highest BCUT2D eigenvalue weighted by Crippen LogP contribution is 2.38. The lowest BCUT2D eigenvalue weighted by molar-refractivity contribution is 0.101. The van der Waals surface area contributed by atoms with Gasteiger partial charge in [0, 0.05) is 0 Å². The van der Waals surface area contributed by atoms with E-state index in [9.17, 15) is 10.2 Å². The average molecular weight is 349 g/mol. The molecule has 0 spiro atoms. The minimum Gasteiger partial charge on any atom is -0.496 e. The number of ether oxygens (including phenoxy) is 1. The van der Waals surface area contributed by atoms with Crippen molar-refractivity contribution in [3.63, 3.8) is 0 Å². The second kappa shape index (κ2) is 10.2. The molecular formula is C22H36O3. The molecule has 142 valence electrons. The Kier molecular flexibility index (Phi) is 8.25. The standard InChI is InChI=1S/C22H36O3/c1-4-5-6-9-19(23)12-11-18-13-17(15-21(18)24)14-20-16(2)8-7-10-22(20)25-3/h7-8,10,17-19,21,23-24H,4-6,9,11-15H2,1-3H3/t17-,18+,19-,21+/m0/s1. The lowest BCUT2D eigenvalue weighted by Gasteiger charge is -2.17. The Morgan fingerprint density at radius 2 is 2.00 bits per heavy atom. The van der Waals surface area contributed by atoms with Crippen LogP contribution in [0.5, 0.6) is 5.75 Å². The van der Waals surface area contributed by atoms with Gasteiger partial charge in [0.2, 0.25) is 0 Å². The van der Waals surface area contributed by atoms with Crippen LogP contribution < -0.4 is 4.74 Å². The monoisotopic (exact) mass is 348 g/mol. The summed E-state index contributed by atoms with van der Waals surface area (Å²) in [5.41, 5.74) is 2.55. The van der Waals surface area contributed by atoms with Gasteiger partial charge in [-0.2, -0.15) is 0 Å². The molecule has 4 atom stereocenters. The summed E-state index contributed by atoms with van der Waals surface area (Å²) < 4.78 is 5.52. The first kappa shape index (κ1) is 20.3. The quantitative estimate of drug-likeness (QED) is 0.605. The molecule has 0 bridgehead atoms. The third kappa shape index (κ3) is 6.00. The van der Waals surface area contributed by atoms with Crippen LogP contribution in [0.3, 0.4) is 0 Å². The summed E-state index contributed by atoms with van der Waals surface area (Å²) in [6, 6.07) is 6.19. The van der Waals surface area contributed by atoms with Gasteiger partial charge in [-0.25, -0.2) is 0 Å². The lowest BCUT2D eigenvalue weighted by atomic mass is 9.91. The highest BCUT2D eigenvalue weighted by atomic mass is 16.5. The Bertz CT molecular complexity index is 514. The largest absolute Gasteiger partial charge is 0.496 e. The van der Waals surface area contributed by atoms with Crippen molar-refractivity contribution in [3.8, 4) is 5.75 Å². The third-order valence-electron chi connectivity index (χ3n) is 5.85. The fraction of sp³-hybridized carbons (Fsp3) is 0.727. The van der Waals surface area contributed by atoms with Crippen LogP contribution in [0.1, 0.15) is 69.4 Å². The summed E-state index contributed by atoms with van der Waals surface area (Å²) in [6.07, 6.45) is 8.65. The number of unbranched alkanes of at least 4 members (excludes halogenated alkanes) is 2. The molecule has 1 aromatic rings. The third-order valence-corrected chi connectivity index (χ3v) is 5.85. The number of aliphatic hydroxyl groups excluding tert-OH is 2. The van der Waals surface area contributed by atoms with Gasteiger partial charge in [0.05, 0.1) is 19.3 Å². The van der Waals surface area contributed by atoms with Crippen LogP contribution in [-0.2, 0) is 6.42 Å². The Hall–Kier alpha value is -1.06. The molecule has 3 nitrogen and oxygen atoms in total. The zero-order valence-electron chi connectivity index (χ0n) is 16.2. The van der Waals surface area contributed by atoms with Crippen molar-refractivity contribution in [1.82, 2.24) is 0 Å². The molecule has 1 aliphatic rings. The van der Waals surface area contributed by atoms with E-state index in [0.717, 1.165) is 50.7 Å². The summed E-state index contributed by atoms with van der Waals surface area (Å²) in [4.78, 5) is 0. The Morgan fingerprint density at radius 3 is 2.72 bits per heavy atom. The van der Waals surface area contributed by atoms with Crippen molar-refractivity contribution in [3.05, 3.63) is 29.3 Å². The molecule has 2 N–H and O–H groups in total. The molecule has 1 fully saturated rings. The number of aliphatic hydroxyl groups is 2. The topological polar surface area (TPSA) is 49.7 Å². The number of hydrogen-bond acceptors (Lipinski definition) is 3. The second-order valence-electron chi connectivity index (χ2n) is 7.85. The number of methoxy groups -OCH3 is 1. The molecule has 0 radical (unpaired) electrons. The van der Waals surface area contributed by atoms with Gasteiger partial charge in [-0.05, 0) is 74.5 Å². The molecule has 25 heavy (non-hydrogen) atoms. The normalized spacial score (nSPS) is 24.4. The molecule has 3 heteroatoms. The Labute approximate surface area is 153 Å². The van der Waals surface area contributed by atoms with Crippen LogP contribution in [0.15, 0.2) is 18.2 Å². The van der Waals surface area contributed by atoms with Crippen LogP contribution in [0.2, 0.25) is 0 Å². The van der Waals surface area contributed by atoms with E-state index in [4.69, 9.17) is 4.74 Å². The molecule has 2 rings (SSSR count). The van der Waals surface area contributed by atoms with Crippen LogP contribution >= 0.6 is 0 Å². The van der Waals surface area contributed by atoms with Crippen LogP contribution in [0.25, 0.3) is 0 Å². The Morgan fingerprint density at radius 1 is 1.20 bits per heavy atom. The van der Waals surface area contributed by atoms with Gasteiger partial charge >= 0.3 is 0 Å². The predicted octanol–water partition coefficient (Wildman–Crippen LogP) is 4.65. The zero-order valence-corrected chi connectivity index (χ0v) is 16.2. The number of rotatable bonds is 10. The number of aryl methyl sites for hydroxylation is 1. The van der Waals surface area contributed by atoms with Crippen molar-refractivity contribution in [2.45, 2.75) is 83.8 Å². The highest BCUT2D eigenvalue weighted by molar-refractivity contribution is 5.40. The SMILES string of the molecule is CCCCC[C@H](O)CC[C@@H]1C[C@@H](Cc2c(C)cccc2OC)C[C@H]1O. The number of benzene rings is 1. The highest BCUT2D eigenvalue weighted by Gasteiger charge is 2.33. The molecule has 1 saturated carbocycles. The molecular weight excluding hydrogens is 312 g/mol. The summed E-state index contributed by atoms with van der Waals surface area (Å²) in [6.45, 7) is 4.32. The van der Waals surface area contributed by atoms with Gasteiger partial charge in [0.1, 0.15) is 5.75 Å². The second-order valence-corrected chi connectivity index (χ2v) is 7.85. The molecule has 0 aliphatic heterocycles. The summed E-state index contributed by atoms with van der Waals surface area (Å²) in [7, 11) is 1.73. The van der Waals surface area contributed by atoms with E-state index in [2.05, 4.69) is 19.9 Å². The molecule has 0 aromatic heterocycles. The van der Waals surface area contributed by atoms with Gasteiger partial charge in [-0.3, -0.25) is 0 Å². The summed E-state index contributed by atoms with van der Waals surface area (Å²) in [5.74, 6) is 1.80. The van der Waals surface area contributed by atoms with E-state index in [1.54, 1.807) is 7.11 Å². The summed E-state index contributed by atoms with van der Waals surface area (Å²) >= 11 is 0. The fourth-order valence-corrected chi connectivity index (χ4v) is 4.29. The fourth-order valence-electron chi connectivity index (χ4n) is 4.29. The molecule has 1 aromatic carbocycles. The van der Waals surface area contributed by atoms with Gasteiger partial charge in [-0.1, -0.05) is 38.3 Å². The van der Waals surface area contributed by atoms with Gasteiger partial charge in [-0.15, -0.1) is 0 Å². The first-order valence-electron chi connectivity index (χ1n) is 10.0. The maximum absolute atomic E-state index is 10.4. The van der Waals surface area contributed by atoms with Crippen molar-refractivity contribution in [1.29, 1.82) is 0 Å². The van der Waals surface area contributed by atoms with E-state index in [1.807, 2.05) is 12.1 Å². The maximum atomic E-state index is 10.4. The first-order valence-corrected chi connectivity index (χ1v) is 10.0. The molecule has 1 aliphatic carbocycles. The molecule has 0 heterocycles. The first-order chi connectivity index (χ1) is 12.0. The molecule has 0 saturated heterocycles. The van der Waals surface area contributed by atoms with Gasteiger partial charge < -0.3 is 14.9 Å². The molecule has 0 amide bonds. The zero-order chi connectivity index (χ0) is 18.2. The van der Waals surface area contributed by atoms with Crippen molar-refractivity contribution in [2.75, 3.05) is 7.11 Å². The van der Waals surface area contributed by atoms with E-state index in [0.29, 0.717) is 11.8 Å². The van der Waals surface area contributed by atoms with E-state index in [1.165, 1.54) is 24.0 Å². The summed E-state index contributed by atoms with van der Waals surface area (Å²) in [5, 5.41) is 20.6. The van der Waals surface area contributed by atoms with Gasteiger partial charge in [0.15, 0.2) is 0 Å². The minimum absolute atomic E-state index is 0.200. The predicted molar refractivity (Wildman–Crippen MR) is 103 cm³/mol. The average Bonchev–Trinajstić information content (AvgIpc) is 2.94. The maximum Gasteiger partial charge on any atom is 0.122 e. The van der Waals surface area contributed by atoms with Crippen molar-refractivity contribution < 1.29 is 14.9 Å². The van der Waals surface area contributed by atoms with E-state index in [-0.39, 0.29) is 12.2 Å². The lowest BCUT2D eigenvalue weighted by Crippen LogP contribution is -2.16. The minimum atomic E-state index is -0.220.